The van der Waals surface area contributed by atoms with Crippen molar-refractivity contribution in [2.24, 2.45) is 11.1 Å². The highest BCUT2D eigenvalue weighted by molar-refractivity contribution is 4.67. The summed E-state index contributed by atoms with van der Waals surface area (Å²) < 4.78 is 27.8. The van der Waals surface area contributed by atoms with Crippen LogP contribution in [-0.4, -0.2) is 26.2 Å². The third-order valence-electron chi connectivity index (χ3n) is 1.29. The zero-order valence-electron chi connectivity index (χ0n) is 6.94. The van der Waals surface area contributed by atoms with Gasteiger partial charge in [0.1, 0.15) is 6.61 Å². The molecule has 0 amide bonds. The van der Waals surface area contributed by atoms with E-state index in [1.165, 1.54) is 0 Å². The molecule has 0 rings (SSSR count). The Kier molecular flexibility index (Phi) is 4.52. The molecule has 4 heteroatoms. The van der Waals surface area contributed by atoms with Crippen LogP contribution < -0.4 is 5.73 Å². The lowest BCUT2D eigenvalue weighted by Gasteiger charge is -2.21. The van der Waals surface area contributed by atoms with Crippen molar-refractivity contribution in [2.45, 2.75) is 20.3 Å². The van der Waals surface area contributed by atoms with Crippen LogP contribution in [0.5, 0.6) is 0 Å². The first kappa shape index (κ1) is 10.8. The van der Waals surface area contributed by atoms with Crippen molar-refractivity contribution in [1.82, 2.24) is 0 Å². The lowest BCUT2D eigenvalue weighted by atomic mass is 9.95. The molecule has 11 heavy (non-hydrogen) atoms. The Morgan fingerprint density at radius 3 is 2.36 bits per heavy atom. The van der Waals surface area contributed by atoms with Crippen LogP contribution in [-0.2, 0) is 4.74 Å². The van der Waals surface area contributed by atoms with Gasteiger partial charge in [-0.05, 0) is 6.54 Å². The zero-order valence-corrected chi connectivity index (χ0v) is 6.94. The highest BCUT2D eigenvalue weighted by Gasteiger charge is 2.16. The quantitative estimate of drug-likeness (QED) is 0.668. The number of alkyl halides is 2. The molecule has 0 heterocycles. The fourth-order valence-electron chi connectivity index (χ4n) is 0.483. The molecule has 0 radical (unpaired) electrons. The molecule has 0 saturated carbocycles. The minimum atomic E-state index is -2.39. The molecule has 0 atom stereocenters. The molecule has 0 aliphatic heterocycles. The van der Waals surface area contributed by atoms with Crippen LogP contribution in [0.25, 0.3) is 0 Å². The molecule has 0 spiro atoms. The van der Waals surface area contributed by atoms with Gasteiger partial charge in [-0.1, -0.05) is 13.8 Å². The molecule has 0 fully saturated rings. The second-order valence-corrected chi connectivity index (χ2v) is 3.27. The van der Waals surface area contributed by atoms with Gasteiger partial charge in [0.05, 0.1) is 6.61 Å². The van der Waals surface area contributed by atoms with E-state index in [1.807, 2.05) is 13.8 Å². The van der Waals surface area contributed by atoms with E-state index in [2.05, 4.69) is 0 Å². The number of halogens is 2. The van der Waals surface area contributed by atoms with Crippen LogP contribution in [0.1, 0.15) is 13.8 Å². The van der Waals surface area contributed by atoms with Crippen molar-refractivity contribution < 1.29 is 13.5 Å². The number of nitrogens with two attached hydrogens (primary N) is 1. The molecule has 0 saturated heterocycles. The van der Waals surface area contributed by atoms with Crippen LogP contribution in [0, 0.1) is 5.41 Å². The van der Waals surface area contributed by atoms with Gasteiger partial charge in [0.25, 0.3) is 6.43 Å². The standard InChI is InChI=1S/C7H15F2NO/c1-7(2,4-10)5-11-3-6(8)9/h6H,3-5,10H2,1-2H3. The molecule has 0 bridgehead atoms. The van der Waals surface area contributed by atoms with E-state index in [1.54, 1.807) is 0 Å². The van der Waals surface area contributed by atoms with E-state index in [0.717, 1.165) is 0 Å². The third kappa shape index (κ3) is 6.19. The molecule has 0 aliphatic rings. The molecule has 0 aromatic carbocycles. The summed E-state index contributed by atoms with van der Waals surface area (Å²) in [6, 6.07) is 0. The Labute approximate surface area is 65.7 Å². The first-order valence-corrected chi connectivity index (χ1v) is 3.54. The maximum atomic E-state index is 11.6. The van der Waals surface area contributed by atoms with Gasteiger partial charge in [0, 0.05) is 5.41 Å². The first-order chi connectivity index (χ1) is 4.98. The maximum absolute atomic E-state index is 11.6. The normalized spacial score (nSPS) is 12.5. The maximum Gasteiger partial charge on any atom is 0.261 e. The minimum absolute atomic E-state index is 0.200. The molecule has 0 aromatic heterocycles. The third-order valence-corrected chi connectivity index (χ3v) is 1.29. The summed E-state index contributed by atoms with van der Waals surface area (Å²) in [4.78, 5) is 0. The summed E-state index contributed by atoms with van der Waals surface area (Å²) in [5.41, 5.74) is 5.16. The molecule has 2 N–H and O–H groups in total. The van der Waals surface area contributed by atoms with E-state index in [9.17, 15) is 8.78 Å². The van der Waals surface area contributed by atoms with E-state index in [0.29, 0.717) is 6.54 Å². The van der Waals surface area contributed by atoms with E-state index >= 15 is 0 Å². The van der Waals surface area contributed by atoms with Crippen molar-refractivity contribution >= 4 is 0 Å². The predicted octanol–water partition coefficient (Wildman–Crippen LogP) is 1.25. The van der Waals surface area contributed by atoms with Crippen molar-refractivity contribution in [3.8, 4) is 0 Å². The van der Waals surface area contributed by atoms with Gasteiger partial charge in [0.15, 0.2) is 0 Å². The SMILES string of the molecule is CC(C)(CN)COCC(F)F. The highest BCUT2D eigenvalue weighted by atomic mass is 19.3. The lowest BCUT2D eigenvalue weighted by Crippen LogP contribution is -2.29. The Bertz CT molecular complexity index is 107. The van der Waals surface area contributed by atoms with E-state index < -0.39 is 13.0 Å². The van der Waals surface area contributed by atoms with Gasteiger partial charge >= 0.3 is 0 Å². The summed E-state index contributed by atoms with van der Waals surface area (Å²) in [7, 11) is 0. The van der Waals surface area contributed by atoms with Crippen molar-refractivity contribution in [3.05, 3.63) is 0 Å². The average molecular weight is 167 g/mol. The van der Waals surface area contributed by atoms with Gasteiger partial charge in [-0.15, -0.1) is 0 Å². The van der Waals surface area contributed by atoms with Gasteiger partial charge in [-0.2, -0.15) is 0 Å². The number of hydrogen-bond donors (Lipinski definition) is 1. The fourth-order valence-corrected chi connectivity index (χ4v) is 0.483. The molecule has 0 unspecified atom stereocenters. The van der Waals surface area contributed by atoms with Crippen molar-refractivity contribution in [2.75, 3.05) is 19.8 Å². The second-order valence-electron chi connectivity index (χ2n) is 3.27. The Balaban J connectivity index is 3.38. The number of hydrogen-bond acceptors (Lipinski definition) is 2. The lowest BCUT2D eigenvalue weighted by molar-refractivity contribution is -0.0105. The van der Waals surface area contributed by atoms with Gasteiger partial charge in [-0.25, -0.2) is 8.78 Å². The summed E-state index contributed by atoms with van der Waals surface area (Å²) in [6.07, 6.45) is -2.39. The molecule has 68 valence electrons. The predicted molar refractivity (Wildman–Crippen MR) is 39.7 cm³/mol. The summed E-state index contributed by atoms with van der Waals surface area (Å²) in [6.45, 7) is 3.98. The molecular formula is C7H15F2NO. The van der Waals surface area contributed by atoms with E-state index in [4.69, 9.17) is 10.5 Å². The molecule has 2 nitrogen and oxygen atoms in total. The zero-order chi connectivity index (χ0) is 8.91. The van der Waals surface area contributed by atoms with Crippen LogP contribution in [0.4, 0.5) is 8.78 Å². The van der Waals surface area contributed by atoms with E-state index in [-0.39, 0.29) is 12.0 Å². The van der Waals surface area contributed by atoms with Crippen LogP contribution >= 0.6 is 0 Å². The smallest absolute Gasteiger partial charge is 0.261 e. The largest absolute Gasteiger partial charge is 0.375 e. The molecule has 0 aromatic rings. The monoisotopic (exact) mass is 167 g/mol. The van der Waals surface area contributed by atoms with Crippen LogP contribution in [0.15, 0.2) is 0 Å². The molecule has 0 aliphatic carbocycles. The Morgan fingerprint density at radius 2 is 2.00 bits per heavy atom. The number of ether oxygens (including phenoxy) is 1. The number of rotatable bonds is 5. The summed E-state index contributed by atoms with van der Waals surface area (Å²) in [5, 5.41) is 0. The first-order valence-electron chi connectivity index (χ1n) is 3.54. The van der Waals surface area contributed by atoms with Gasteiger partial charge in [-0.3, -0.25) is 0 Å². The van der Waals surface area contributed by atoms with Crippen molar-refractivity contribution in [1.29, 1.82) is 0 Å². The topological polar surface area (TPSA) is 35.2 Å². The second kappa shape index (κ2) is 4.62. The average Bonchev–Trinajstić information content (AvgIpc) is 1.87. The van der Waals surface area contributed by atoms with Crippen LogP contribution in [0.3, 0.4) is 0 Å². The fraction of sp³-hybridized carbons (Fsp3) is 1.00. The van der Waals surface area contributed by atoms with Crippen molar-refractivity contribution in [3.63, 3.8) is 0 Å². The van der Waals surface area contributed by atoms with Gasteiger partial charge in [0.2, 0.25) is 0 Å². The Morgan fingerprint density at radius 1 is 1.45 bits per heavy atom. The molecular weight excluding hydrogens is 152 g/mol. The minimum Gasteiger partial charge on any atom is -0.375 e. The Hall–Kier alpha value is -0.220. The van der Waals surface area contributed by atoms with Gasteiger partial charge < -0.3 is 10.5 Å². The highest BCUT2D eigenvalue weighted by Crippen LogP contribution is 2.12. The summed E-state index contributed by atoms with van der Waals surface area (Å²) >= 11 is 0. The summed E-state index contributed by atoms with van der Waals surface area (Å²) in [5.74, 6) is 0. The van der Waals surface area contributed by atoms with Crippen LogP contribution in [0.2, 0.25) is 0 Å².